The minimum absolute atomic E-state index is 0.0734. The second-order valence-corrected chi connectivity index (χ2v) is 7.42. The SMILES string of the molecule is C=NC=N/C=C(\C)c1ccc2[nH]nc(C(=O)NCC3CCN(CC(=O)O)CC3)c2c1. The van der Waals surface area contributed by atoms with Gasteiger partial charge in [0, 0.05) is 18.1 Å². The number of hydrogen-bond acceptors (Lipinski definition) is 5. The van der Waals surface area contributed by atoms with Crippen LogP contribution in [0.2, 0.25) is 0 Å². The number of hydrogen-bond donors (Lipinski definition) is 3. The fourth-order valence-electron chi connectivity index (χ4n) is 3.56. The number of aromatic amines is 1. The molecule has 0 bridgehead atoms. The van der Waals surface area contributed by atoms with Gasteiger partial charge in [0.2, 0.25) is 0 Å². The second kappa shape index (κ2) is 9.93. The van der Waals surface area contributed by atoms with Crippen molar-refractivity contribution in [3.63, 3.8) is 0 Å². The monoisotopic (exact) mass is 410 g/mol. The summed E-state index contributed by atoms with van der Waals surface area (Å²) in [5.41, 5.74) is 3.01. The Balaban J connectivity index is 1.63. The van der Waals surface area contributed by atoms with Crippen LogP contribution in [-0.2, 0) is 4.79 Å². The van der Waals surface area contributed by atoms with E-state index < -0.39 is 5.97 Å². The number of benzene rings is 1. The lowest BCUT2D eigenvalue weighted by molar-refractivity contribution is -0.138. The number of amides is 1. The Bertz CT molecular complexity index is 986. The molecule has 0 spiro atoms. The first kappa shape index (κ1) is 21.4. The minimum Gasteiger partial charge on any atom is -0.480 e. The average Bonchev–Trinajstić information content (AvgIpc) is 3.16. The van der Waals surface area contributed by atoms with Crippen molar-refractivity contribution in [2.75, 3.05) is 26.2 Å². The molecule has 0 unspecified atom stereocenters. The summed E-state index contributed by atoms with van der Waals surface area (Å²) in [6.45, 7) is 7.37. The average molecular weight is 410 g/mol. The fraction of sp³-hybridized carbons (Fsp3) is 0.381. The molecular weight excluding hydrogens is 384 g/mol. The number of rotatable bonds is 8. The molecule has 9 nitrogen and oxygen atoms in total. The van der Waals surface area contributed by atoms with E-state index in [0.717, 1.165) is 48.0 Å². The molecule has 0 aliphatic carbocycles. The van der Waals surface area contributed by atoms with Crippen LogP contribution in [0.25, 0.3) is 16.5 Å². The zero-order chi connectivity index (χ0) is 21.5. The number of aliphatic carboxylic acids is 1. The van der Waals surface area contributed by atoms with E-state index in [1.165, 1.54) is 6.34 Å². The Hall–Kier alpha value is -3.33. The summed E-state index contributed by atoms with van der Waals surface area (Å²) < 4.78 is 0. The van der Waals surface area contributed by atoms with E-state index in [-0.39, 0.29) is 12.5 Å². The third kappa shape index (κ3) is 5.38. The number of nitrogens with one attached hydrogen (secondary N) is 2. The Labute approximate surface area is 174 Å². The van der Waals surface area contributed by atoms with Crippen LogP contribution in [0, 0.1) is 5.92 Å². The number of piperidine rings is 1. The molecule has 2 aromatic rings. The molecule has 1 aliphatic rings. The van der Waals surface area contributed by atoms with Gasteiger partial charge in [-0.15, -0.1) is 0 Å². The molecule has 1 fully saturated rings. The van der Waals surface area contributed by atoms with Gasteiger partial charge in [-0.3, -0.25) is 24.6 Å². The smallest absolute Gasteiger partial charge is 0.317 e. The van der Waals surface area contributed by atoms with Gasteiger partial charge in [0.15, 0.2) is 5.69 Å². The van der Waals surface area contributed by atoms with E-state index in [1.54, 1.807) is 6.20 Å². The molecule has 9 heteroatoms. The normalized spacial score (nSPS) is 16.2. The first-order valence-corrected chi connectivity index (χ1v) is 9.83. The number of likely N-dealkylation sites (tertiary alicyclic amines) is 1. The van der Waals surface area contributed by atoms with Crippen molar-refractivity contribution in [1.29, 1.82) is 0 Å². The van der Waals surface area contributed by atoms with Gasteiger partial charge < -0.3 is 10.4 Å². The summed E-state index contributed by atoms with van der Waals surface area (Å²) in [4.78, 5) is 33.1. The number of nitrogens with zero attached hydrogens (tertiary/aromatic N) is 4. The second-order valence-electron chi connectivity index (χ2n) is 7.42. The third-order valence-electron chi connectivity index (χ3n) is 5.27. The number of carbonyl (C=O) groups excluding carboxylic acids is 1. The van der Waals surface area contributed by atoms with Gasteiger partial charge in [-0.2, -0.15) is 5.10 Å². The Morgan fingerprint density at radius 2 is 2.17 bits per heavy atom. The lowest BCUT2D eigenvalue weighted by atomic mass is 9.96. The molecule has 0 saturated carbocycles. The molecule has 0 radical (unpaired) electrons. The van der Waals surface area contributed by atoms with E-state index in [4.69, 9.17) is 5.11 Å². The molecule has 1 aromatic heterocycles. The molecular formula is C21H26N6O3. The van der Waals surface area contributed by atoms with Crippen LogP contribution in [-0.4, -0.2) is 71.3 Å². The number of allylic oxidation sites excluding steroid dienone is 1. The van der Waals surface area contributed by atoms with E-state index in [9.17, 15) is 9.59 Å². The molecule has 0 atom stereocenters. The van der Waals surface area contributed by atoms with Gasteiger partial charge in [0.05, 0.1) is 12.1 Å². The summed E-state index contributed by atoms with van der Waals surface area (Å²) in [7, 11) is 0. The van der Waals surface area contributed by atoms with Gasteiger partial charge in [-0.1, -0.05) is 6.07 Å². The standard InChI is InChI=1S/C21H26N6O3/c1-14(10-23-13-22-2)16-3-4-18-17(9-16)20(26-25-18)21(30)24-11-15-5-7-27(8-6-15)12-19(28)29/h3-4,9-10,13,15H,2,5-8,11-12H2,1H3,(H,24,30)(H,25,26)(H,28,29)/b14-10+,23-13?. The van der Waals surface area contributed by atoms with Crippen molar-refractivity contribution in [3.05, 3.63) is 35.7 Å². The Kier molecular flexibility index (Phi) is 7.08. The molecule has 30 heavy (non-hydrogen) atoms. The lowest BCUT2D eigenvalue weighted by Crippen LogP contribution is -2.40. The van der Waals surface area contributed by atoms with Crippen LogP contribution in [0.4, 0.5) is 0 Å². The van der Waals surface area contributed by atoms with E-state index in [2.05, 4.69) is 32.2 Å². The van der Waals surface area contributed by atoms with Crippen LogP contribution in [0.1, 0.15) is 35.8 Å². The quantitative estimate of drug-likeness (QED) is 0.455. The summed E-state index contributed by atoms with van der Waals surface area (Å²) >= 11 is 0. The minimum atomic E-state index is -0.805. The Morgan fingerprint density at radius 1 is 1.40 bits per heavy atom. The highest BCUT2D eigenvalue weighted by atomic mass is 16.4. The predicted octanol–water partition coefficient (Wildman–Crippen LogP) is 2.18. The first-order chi connectivity index (χ1) is 14.5. The molecule has 158 valence electrons. The number of carboxylic acids is 1. The first-order valence-electron chi connectivity index (χ1n) is 9.83. The maximum absolute atomic E-state index is 12.7. The lowest BCUT2D eigenvalue weighted by Gasteiger charge is -2.30. The highest BCUT2D eigenvalue weighted by Crippen LogP contribution is 2.23. The van der Waals surface area contributed by atoms with Gasteiger partial charge in [-0.25, -0.2) is 4.99 Å². The number of fused-ring (bicyclic) bond motifs is 1. The molecule has 1 aromatic carbocycles. The van der Waals surface area contributed by atoms with Crippen LogP contribution in [0.15, 0.2) is 34.4 Å². The van der Waals surface area contributed by atoms with Gasteiger partial charge >= 0.3 is 5.97 Å². The van der Waals surface area contributed by atoms with Crippen LogP contribution < -0.4 is 5.32 Å². The number of aliphatic imine (C=N–C) groups is 2. The van der Waals surface area contributed by atoms with Crippen molar-refractivity contribution >= 4 is 41.4 Å². The van der Waals surface area contributed by atoms with Gasteiger partial charge in [0.1, 0.15) is 6.34 Å². The van der Waals surface area contributed by atoms with Crippen molar-refractivity contribution in [1.82, 2.24) is 20.4 Å². The highest BCUT2D eigenvalue weighted by molar-refractivity contribution is 6.05. The zero-order valence-electron chi connectivity index (χ0n) is 17.0. The van der Waals surface area contributed by atoms with Crippen molar-refractivity contribution < 1.29 is 14.7 Å². The number of aromatic nitrogens is 2. The molecule has 1 aliphatic heterocycles. The Morgan fingerprint density at radius 3 is 2.87 bits per heavy atom. The number of H-pyrrole nitrogens is 1. The van der Waals surface area contributed by atoms with E-state index in [0.29, 0.717) is 18.2 Å². The number of carboxylic acid groups (broad SMARTS) is 1. The molecule has 1 amide bonds. The predicted molar refractivity (Wildman–Crippen MR) is 117 cm³/mol. The van der Waals surface area contributed by atoms with Crippen molar-refractivity contribution in [3.8, 4) is 0 Å². The van der Waals surface area contributed by atoms with E-state index in [1.807, 2.05) is 30.0 Å². The molecule has 3 N–H and O–H groups in total. The number of carbonyl (C=O) groups is 2. The third-order valence-corrected chi connectivity index (χ3v) is 5.27. The summed E-state index contributed by atoms with van der Waals surface area (Å²) in [6, 6.07) is 5.75. The maximum Gasteiger partial charge on any atom is 0.317 e. The van der Waals surface area contributed by atoms with Crippen LogP contribution >= 0.6 is 0 Å². The van der Waals surface area contributed by atoms with E-state index >= 15 is 0 Å². The van der Waals surface area contributed by atoms with Crippen LogP contribution in [0.5, 0.6) is 0 Å². The van der Waals surface area contributed by atoms with Crippen molar-refractivity contribution in [2.24, 2.45) is 15.9 Å². The summed E-state index contributed by atoms with van der Waals surface area (Å²) in [6.07, 6.45) is 4.78. The summed E-state index contributed by atoms with van der Waals surface area (Å²) in [5.74, 6) is -0.691. The van der Waals surface area contributed by atoms with Gasteiger partial charge in [-0.05, 0) is 68.8 Å². The van der Waals surface area contributed by atoms with Crippen molar-refractivity contribution in [2.45, 2.75) is 19.8 Å². The maximum atomic E-state index is 12.7. The molecule has 1 saturated heterocycles. The molecule has 3 rings (SSSR count). The largest absolute Gasteiger partial charge is 0.480 e. The zero-order valence-corrected chi connectivity index (χ0v) is 17.0. The highest BCUT2D eigenvalue weighted by Gasteiger charge is 2.22. The summed E-state index contributed by atoms with van der Waals surface area (Å²) in [5, 5.41) is 19.7. The van der Waals surface area contributed by atoms with Gasteiger partial charge in [0.25, 0.3) is 5.91 Å². The van der Waals surface area contributed by atoms with Crippen LogP contribution in [0.3, 0.4) is 0 Å². The molecule has 2 heterocycles. The topological polar surface area (TPSA) is 123 Å². The fourth-order valence-corrected chi connectivity index (χ4v) is 3.56.